The Morgan fingerprint density at radius 3 is 2.60 bits per heavy atom. The predicted molar refractivity (Wildman–Crippen MR) is 54.2 cm³/mol. The van der Waals surface area contributed by atoms with Gasteiger partial charge in [0.05, 0.1) is 12.8 Å². The van der Waals surface area contributed by atoms with E-state index < -0.39 is 0 Å². The Bertz CT molecular complexity index is 252. The molecule has 0 spiro atoms. The van der Waals surface area contributed by atoms with E-state index in [9.17, 15) is 4.79 Å². The molecule has 0 aliphatic carbocycles. The van der Waals surface area contributed by atoms with Crippen molar-refractivity contribution in [2.75, 3.05) is 20.3 Å². The van der Waals surface area contributed by atoms with E-state index in [1.165, 1.54) is 12.7 Å². The molecular formula is C10H15NO4. The van der Waals surface area contributed by atoms with Crippen molar-refractivity contribution in [3.05, 3.63) is 31.0 Å². The van der Waals surface area contributed by atoms with E-state index in [0.29, 0.717) is 18.8 Å². The van der Waals surface area contributed by atoms with Crippen molar-refractivity contribution in [2.45, 2.75) is 6.92 Å². The number of oxazole rings is 1. The fourth-order valence-electron chi connectivity index (χ4n) is 0.517. The number of ether oxygens (including phenoxy) is 2. The molecule has 0 amide bonds. The molecule has 0 radical (unpaired) electrons. The fourth-order valence-corrected chi connectivity index (χ4v) is 0.517. The number of hydrogen-bond donors (Lipinski definition) is 0. The molecule has 5 heteroatoms. The van der Waals surface area contributed by atoms with Crippen molar-refractivity contribution in [2.24, 2.45) is 0 Å². The molecule has 5 nitrogen and oxygen atoms in total. The molecule has 1 aromatic rings. The lowest BCUT2D eigenvalue weighted by Crippen LogP contribution is -2.09. The summed E-state index contributed by atoms with van der Waals surface area (Å²) in [6.45, 7) is 5.75. The largest absolute Gasteiger partial charge is 0.460 e. The summed E-state index contributed by atoms with van der Waals surface area (Å²) >= 11 is 0. The highest BCUT2D eigenvalue weighted by Gasteiger charge is 2.00. The molecule has 15 heavy (non-hydrogen) atoms. The van der Waals surface area contributed by atoms with Crippen LogP contribution in [0.1, 0.15) is 6.92 Å². The van der Waals surface area contributed by atoms with Gasteiger partial charge in [-0.3, -0.25) is 0 Å². The van der Waals surface area contributed by atoms with E-state index in [0.717, 1.165) is 0 Å². The number of aromatic nitrogens is 1. The van der Waals surface area contributed by atoms with Gasteiger partial charge < -0.3 is 13.9 Å². The summed E-state index contributed by atoms with van der Waals surface area (Å²) in [7, 11) is 1.55. The lowest BCUT2D eigenvalue weighted by Gasteiger charge is -2.01. The van der Waals surface area contributed by atoms with Gasteiger partial charge in [0.2, 0.25) is 0 Å². The van der Waals surface area contributed by atoms with Crippen LogP contribution in [0.5, 0.6) is 0 Å². The van der Waals surface area contributed by atoms with Crippen molar-refractivity contribution < 1.29 is 18.7 Å². The summed E-state index contributed by atoms with van der Waals surface area (Å²) in [6.07, 6.45) is 4.47. The average Bonchev–Trinajstić information content (AvgIpc) is 2.75. The highest BCUT2D eigenvalue weighted by atomic mass is 16.6. The van der Waals surface area contributed by atoms with Crippen LogP contribution < -0.4 is 0 Å². The maximum atomic E-state index is 10.6. The Labute approximate surface area is 88.7 Å². The maximum Gasteiger partial charge on any atom is 0.333 e. The van der Waals surface area contributed by atoms with Crippen LogP contribution in [0.4, 0.5) is 0 Å². The Kier molecular flexibility index (Phi) is 7.99. The number of hydrogen-bond acceptors (Lipinski definition) is 5. The van der Waals surface area contributed by atoms with E-state index in [1.807, 2.05) is 0 Å². The van der Waals surface area contributed by atoms with Gasteiger partial charge in [-0.05, 0) is 6.92 Å². The normalized spacial score (nSPS) is 8.67. The molecule has 0 unspecified atom stereocenters. The van der Waals surface area contributed by atoms with E-state index in [1.54, 1.807) is 20.2 Å². The van der Waals surface area contributed by atoms with Crippen molar-refractivity contribution >= 4 is 5.97 Å². The topological polar surface area (TPSA) is 61.6 Å². The minimum absolute atomic E-state index is 0.294. The first-order valence-corrected chi connectivity index (χ1v) is 4.32. The van der Waals surface area contributed by atoms with Crippen LogP contribution in [0.15, 0.2) is 35.4 Å². The molecule has 0 N–H and O–H groups in total. The van der Waals surface area contributed by atoms with Gasteiger partial charge in [0.25, 0.3) is 0 Å². The molecule has 84 valence electrons. The molecule has 1 rings (SSSR count). The molecule has 0 bridgehead atoms. The minimum atomic E-state index is -0.364. The van der Waals surface area contributed by atoms with Crippen LogP contribution in [0.3, 0.4) is 0 Å². The predicted octanol–water partition coefficient (Wildman–Crippen LogP) is 1.43. The molecule has 1 heterocycles. The summed E-state index contributed by atoms with van der Waals surface area (Å²) < 4.78 is 13.8. The summed E-state index contributed by atoms with van der Waals surface area (Å²) in [5.74, 6) is -0.364. The number of methoxy groups -OCH3 is 1. The Morgan fingerprint density at radius 2 is 2.27 bits per heavy atom. The molecule has 1 aromatic heterocycles. The number of carbonyl (C=O) groups excluding carboxylic acids is 1. The van der Waals surface area contributed by atoms with Gasteiger partial charge in [-0.25, -0.2) is 9.78 Å². The summed E-state index contributed by atoms with van der Waals surface area (Å²) in [6, 6.07) is 0. The van der Waals surface area contributed by atoms with Crippen molar-refractivity contribution in [3.8, 4) is 0 Å². The first-order chi connectivity index (χ1) is 7.18. The van der Waals surface area contributed by atoms with E-state index in [-0.39, 0.29) is 5.97 Å². The van der Waals surface area contributed by atoms with Gasteiger partial charge in [-0.1, -0.05) is 6.58 Å². The van der Waals surface area contributed by atoms with Gasteiger partial charge in [-0.15, -0.1) is 0 Å². The summed E-state index contributed by atoms with van der Waals surface area (Å²) in [4.78, 5) is 14.2. The molecule has 0 aliphatic heterocycles. The maximum absolute atomic E-state index is 10.6. The van der Waals surface area contributed by atoms with Gasteiger partial charge in [0, 0.05) is 12.7 Å². The van der Waals surface area contributed by atoms with Crippen LogP contribution >= 0.6 is 0 Å². The first kappa shape index (κ1) is 13.4. The zero-order chi connectivity index (χ0) is 11.5. The van der Waals surface area contributed by atoms with E-state index >= 15 is 0 Å². The van der Waals surface area contributed by atoms with Crippen LogP contribution in [0.2, 0.25) is 0 Å². The number of rotatable bonds is 4. The van der Waals surface area contributed by atoms with Crippen molar-refractivity contribution in [1.29, 1.82) is 0 Å². The quantitative estimate of drug-likeness (QED) is 0.430. The second kappa shape index (κ2) is 8.96. The third-order valence-electron chi connectivity index (χ3n) is 1.22. The van der Waals surface area contributed by atoms with Crippen LogP contribution in [0.25, 0.3) is 0 Å². The highest BCUT2D eigenvalue weighted by Crippen LogP contribution is 1.90. The summed E-state index contributed by atoms with van der Waals surface area (Å²) in [5, 5.41) is 0. The third-order valence-corrected chi connectivity index (χ3v) is 1.22. The summed E-state index contributed by atoms with van der Waals surface area (Å²) in [5.41, 5.74) is 0.413. The first-order valence-electron chi connectivity index (χ1n) is 4.32. The fraction of sp³-hybridized carbons (Fsp3) is 0.400. The van der Waals surface area contributed by atoms with Crippen LogP contribution in [-0.4, -0.2) is 31.3 Å². The molecule has 0 atom stereocenters. The van der Waals surface area contributed by atoms with Crippen molar-refractivity contribution in [1.82, 2.24) is 4.98 Å². The van der Waals surface area contributed by atoms with Crippen LogP contribution in [0, 0.1) is 0 Å². The molecule has 0 saturated carbocycles. The van der Waals surface area contributed by atoms with Gasteiger partial charge >= 0.3 is 5.97 Å². The van der Waals surface area contributed by atoms with Gasteiger partial charge in [0.1, 0.15) is 12.9 Å². The lowest BCUT2D eigenvalue weighted by atomic mass is 10.4. The molecule has 0 saturated heterocycles. The monoisotopic (exact) mass is 213 g/mol. The van der Waals surface area contributed by atoms with Gasteiger partial charge in [0.15, 0.2) is 6.39 Å². The smallest absolute Gasteiger partial charge is 0.333 e. The highest BCUT2D eigenvalue weighted by molar-refractivity contribution is 5.86. The van der Waals surface area contributed by atoms with Crippen molar-refractivity contribution in [3.63, 3.8) is 0 Å². The third kappa shape index (κ3) is 8.70. The average molecular weight is 213 g/mol. The standard InChI is InChI=1S/C7H12O3.C3H3NO/c1-6(2)7(8)10-5-4-9-3;1-2-5-3-4-1/h1,4-5H2,2-3H3;1-3H. The molecule has 0 aliphatic rings. The molecule has 0 aromatic carbocycles. The Balaban J connectivity index is 0.000000322. The zero-order valence-electron chi connectivity index (χ0n) is 8.93. The SMILES string of the molecule is C=C(C)C(=O)OCCOC.c1cocn1. The Hall–Kier alpha value is -1.62. The lowest BCUT2D eigenvalue weighted by molar-refractivity contribution is -0.140. The zero-order valence-corrected chi connectivity index (χ0v) is 8.93. The number of carbonyl (C=O) groups is 1. The van der Waals surface area contributed by atoms with E-state index in [2.05, 4.69) is 25.5 Å². The van der Waals surface area contributed by atoms with Crippen LogP contribution in [-0.2, 0) is 14.3 Å². The second-order valence-corrected chi connectivity index (χ2v) is 2.58. The van der Waals surface area contributed by atoms with E-state index in [4.69, 9.17) is 0 Å². The van der Waals surface area contributed by atoms with Gasteiger partial charge in [-0.2, -0.15) is 0 Å². The molecular weight excluding hydrogens is 198 g/mol. The number of nitrogens with zero attached hydrogens (tertiary/aromatic N) is 1. The number of esters is 1. The second-order valence-electron chi connectivity index (χ2n) is 2.58. The minimum Gasteiger partial charge on any atom is -0.460 e. The molecule has 0 fully saturated rings. The Morgan fingerprint density at radius 1 is 1.53 bits per heavy atom.